The topological polar surface area (TPSA) is 63.2 Å². The number of thioether (sulfide) groups is 1. The number of para-hydroxylation sites is 1. The van der Waals surface area contributed by atoms with Crippen LogP contribution in [0.15, 0.2) is 35.6 Å². The molecule has 1 aliphatic rings. The van der Waals surface area contributed by atoms with E-state index in [4.69, 9.17) is 0 Å². The minimum Gasteiger partial charge on any atom is -0.282 e. The van der Waals surface area contributed by atoms with Crippen LogP contribution in [-0.4, -0.2) is 39.0 Å². The maximum atomic E-state index is 12.0. The van der Waals surface area contributed by atoms with Crippen molar-refractivity contribution in [2.45, 2.75) is 17.9 Å². The van der Waals surface area contributed by atoms with Gasteiger partial charge in [0.1, 0.15) is 11.4 Å². The fourth-order valence-electron chi connectivity index (χ4n) is 2.21. The predicted octanol–water partition coefficient (Wildman–Crippen LogP) is 1.87. The zero-order chi connectivity index (χ0) is 13.9. The van der Waals surface area contributed by atoms with Crippen LogP contribution in [0.3, 0.4) is 0 Å². The van der Waals surface area contributed by atoms with Gasteiger partial charge in [0.05, 0.1) is 11.3 Å². The highest BCUT2D eigenvalue weighted by Gasteiger charge is 2.26. The number of hydrogen-bond acceptors (Lipinski definition) is 5. The lowest BCUT2D eigenvalue weighted by Crippen LogP contribution is -2.33. The van der Waals surface area contributed by atoms with E-state index in [9.17, 15) is 9.59 Å². The number of rotatable bonds is 3. The first-order valence-corrected chi connectivity index (χ1v) is 7.40. The van der Waals surface area contributed by atoms with Gasteiger partial charge in [-0.05, 0) is 12.5 Å². The molecule has 0 saturated carbocycles. The van der Waals surface area contributed by atoms with E-state index in [1.807, 2.05) is 24.3 Å². The van der Waals surface area contributed by atoms with Gasteiger partial charge in [-0.2, -0.15) is 0 Å². The largest absolute Gasteiger partial charge is 0.282 e. The maximum Gasteiger partial charge on any atom is 0.239 e. The Morgan fingerprint density at radius 3 is 2.95 bits per heavy atom. The first-order chi connectivity index (χ1) is 9.75. The van der Waals surface area contributed by atoms with Crippen LogP contribution < -0.4 is 0 Å². The Hall–Kier alpha value is -1.95. The Morgan fingerprint density at radius 1 is 1.30 bits per heavy atom. The second-order valence-corrected chi connectivity index (χ2v) is 5.49. The second kappa shape index (κ2) is 5.58. The molecule has 0 atom stereocenters. The van der Waals surface area contributed by atoms with Crippen LogP contribution in [0.1, 0.15) is 12.8 Å². The quantitative estimate of drug-likeness (QED) is 0.637. The van der Waals surface area contributed by atoms with Gasteiger partial charge >= 0.3 is 0 Å². The zero-order valence-corrected chi connectivity index (χ0v) is 11.6. The summed E-state index contributed by atoms with van der Waals surface area (Å²) in [4.78, 5) is 33.3. The number of amides is 2. The normalized spacial score (nSPS) is 15.0. The lowest BCUT2D eigenvalue weighted by Gasteiger charge is -2.13. The van der Waals surface area contributed by atoms with E-state index in [1.54, 1.807) is 0 Å². The molecule has 1 aromatic carbocycles. The van der Waals surface area contributed by atoms with Crippen molar-refractivity contribution in [2.75, 3.05) is 12.3 Å². The molecule has 1 aliphatic heterocycles. The van der Waals surface area contributed by atoms with Gasteiger partial charge in [0, 0.05) is 18.4 Å². The molecule has 3 rings (SSSR count). The van der Waals surface area contributed by atoms with E-state index in [0.717, 1.165) is 22.3 Å². The van der Waals surface area contributed by atoms with E-state index in [2.05, 4.69) is 9.97 Å². The second-order valence-electron chi connectivity index (χ2n) is 4.53. The Bertz CT molecular complexity index is 669. The van der Waals surface area contributed by atoms with Crippen molar-refractivity contribution in [3.8, 4) is 0 Å². The summed E-state index contributed by atoms with van der Waals surface area (Å²) in [5.74, 6) is 0.0237. The molecule has 5 nitrogen and oxygen atoms in total. The van der Waals surface area contributed by atoms with Crippen molar-refractivity contribution in [3.63, 3.8) is 0 Å². The van der Waals surface area contributed by atoms with Crippen LogP contribution in [0, 0.1) is 0 Å². The zero-order valence-electron chi connectivity index (χ0n) is 10.8. The molecular weight excluding hydrogens is 274 g/mol. The molecule has 20 heavy (non-hydrogen) atoms. The molecular formula is C14H13N3O2S. The third kappa shape index (κ3) is 2.51. The van der Waals surface area contributed by atoms with Gasteiger partial charge in [0.2, 0.25) is 11.8 Å². The number of hydrogen-bond donors (Lipinski definition) is 0. The Labute approximate surface area is 120 Å². The maximum absolute atomic E-state index is 12.0. The van der Waals surface area contributed by atoms with Crippen LogP contribution in [0.4, 0.5) is 0 Å². The summed E-state index contributed by atoms with van der Waals surface area (Å²) < 4.78 is 0. The minimum atomic E-state index is -0.139. The number of carbonyl (C=O) groups excluding carboxylic acids is 2. The molecule has 2 heterocycles. The van der Waals surface area contributed by atoms with Gasteiger partial charge in [-0.25, -0.2) is 9.97 Å². The Morgan fingerprint density at radius 2 is 2.15 bits per heavy atom. The van der Waals surface area contributed by atoms with Crippen molar-refractivity contribution in [1.29, 1.82) is 0 Å². The predicted molar refractivity (Wildman–Crippen MR) is 76.2 cm³/mol. The van der Waals surface area contributed by atoms with Crippen molar-refractivity contribution in [2.24, 2.45) is 0 Å². The van der Waals surface area contributed by atoms with E-state index < -0.39 is 0 Å². The highest BCUT2D eigenvalue weighted by atomic mass is 32.2. The molecule has 0 N–H and O–H groups in total. The SMILES string of the molecule is O=C1CCCN1C(=O)CSc1ncnc2ccccc12. The molecule has 0 aliphatic carbocycles. The average Bonchev–Trinajstić information content (AvgIpc) is 2.91. The molecule has 2 aromatic rings. The number of fused-ring (bicyclic) bond motifs is 1. The third-order valence-corrected chi connectivity index (χ3v) is 4.20. The number of carbonyl (C=O) groups is 2. The van der Waals surface area contributed by atoms with Crippen LogP contribution in [0.5, 0.6) is 0 Å². The van der Waals surface area contributed by atoms with Gasteiger partial charge < -0.3 is 0 Å². The summed E-state index contributed by atoms with van der Waals surface area (Å²) in [6, 6.07) is 7.68. The summed E-state index contributed by atoms with van der Waals surface area (Å²) in [5, 5.41) is 1.70. The number of aromatic nitrogens is 2. The molecule has 1 fully saturated rings. The summed E-state index contributed by atoms with van der Waals surface area (Å²) in [7, 11) is 0. The van der Waals surface area contributed by atoms with Crippen molar-refractivity contribution >= 4 is 34.5 Å². The summed E-state index contributed by atoms with van der Waals surface area (Å²) in [6.07, 6.45) is 2.74. The van der Waals surface area contributed by atoms with Crippen molar-refractivity contribution in [3.05, 3.63) is 30.6 Å². The molecule has 0 unspecified atom stereocenters. The monoisotopic (exact) mass is 287 g/mol. The lowest BCUT2D eigenvalue weighted by atomic mass is 10.2. The fraction of sp³-hybridized carbons (Fsp3) is 0.286. The molecule has 102 valence electrons. The van der Waals surface area contributed by atoms with Crippen molar-refractivity contribution < 1.29 is 9.59 Å². The lowest BCUT2D eigenvalue weighted by molar-refractivity contribution is -0.140. The summed E-state index contributed by atoms with van der Waals surface area (Å²) in [6.45, 7) is 0.544. The van der Waals surface area contributed by atoms with Gasteiger partial charge in [-0.1, -0.05) is 30.0 Å². The third-order valence-electron chi connectivity index (χ3n) is 3.21. The van der Waals surface area contributed by atoms with Crippen LogP contribution in [0.25, 0.3) is 10.9 Å². The fourth-order valence-corrected chi connectivity index (χ4v) is 3.08. The smallest absolute Gasteiger partial charge is 0.239 e. The number of imide groups is 1. The van der Waals surface area contributed by atoms with Gasteiger partial charge in [0.15, 0.2) is 0 Å². The molecule has 0 bridgehead atoms. The van der Waals surface area contributed by atoms with Crippen molar-refractivity contribution in [1.82, 2.24) is 14.9 Å². The highest BCUT2D eigenvalue weighted by molar-refractivity contribution is 8.00. The average molecular weight is 287 g/mol. The minimum absolute atomic E-state index is 0.0665. The van der Waals surface area contributed by atoms with Gasteiger partial charge in [-0.3, -0.25) is 14.5 Å². The van der Waals surface area contributed by atoms with E-state index in [1.165, 1.54) is 23.0 Å². The molecule has 1 aromatic heterocycles. The standard InChI is InChI=1S/C14H13N3O2S/c18-12-6-3-7-17(12)13(19)8-20-14-10-4-1-2-5-11(10)15-9-16-14/h1-2,4-5,9H,3,6-8H2. The molecule has 0 radical (unpaired) electrons. The molecule has 0 spiro atoms. The van der Waals surface area contributed by atoms with E-state index >= 15 is 0 Å². The molecule has 1 saturated heterocycles. The summed E-state index contributed by atoms with van der Waals surface area (Å²) >= 11 is 1.35. The first kappa shape index (κ1) is 13.1. The van der Waals surface area contributed by atoms with Crippen LogP contribution in [0.2, 0.25) is 0 Å². The molecule has 6 heteroatoms. The van der Waals surface area contributed by atoms with Crippen LogP contribution in [-0.2, 0) is 9.59 Å². The molecule has 2 amide bonds. The van der Waals surface area contributed by atoms with Gasteiger partial charge in [0.25, 0.3) is 0 Å². The number of likely N-dealkylation sites (tertiary alicyclic amines) is 1. The van der Waals surface area contributed by atoms with Gasteiger partial charge in [-0.15, -0.1) is 0 Å². The first-order valence-electron chi connectivity index (χ1n) is 6.41. The van der Waals surface area contributed by atoms with E-state index in [0.29, 0.717) is 13.0 Å². The number of benzene rings is 1. The highest BCUT2D eigenvalue weighted by Crippen LogP contribution is 2.24. The Kier molecular flexibility index (Phi) is 3.64. The van der Waals surface area contributed by atoms with Crippen LogP contribution >= 0.6 is 11.8 Å². The summed E-state index contributed by atoms with van der Waals surface area (Å²) in [5.41, 5.74) is 0.856. The number of nitrogens with zero attached hydrogens (tertiary/aromatic N) is 3. The van der Waals surface area contributed by atoms with E-state index in [-0.39, 0.29) is 17.6 Å². The Balaban J connectivity index is 1.74.